The van der Waals surface area contributed by atoms with Gasteiger partial charge in [0, 0.05) is 17.3 Å². The maximum absolute atomic E-state index is 9.35. The summed E-state index contributed by atoms with van der Waals surface area (Å²) in [6.07, 6.45) is 1.66. The zero-order valence-electron chi connectivity index (χ0n) is 20.5. The number of fused-ring (bicyclic) bond motifs is 3. The Morgan fingerprint density at radius 2 is 1.13 bits per heavy atom. The van der Waals surface area contributed by atoms with Gasteiger partial charge in [0.25, 0.3) is 0 Å². The minimum absolute atomic E-state index is 0.379. The lowest BCUT2D eigenvalue weighted by molar-refractivity contribution is 1.25. The van der Waals surface area contributed by atoms with Gasteiger partial charge in [-0.15, -0.1) is 0 Å². The van der Waals surface area contributed by atoms with Crippen molar-refractivity contribution < 1.29 is 0 Å². The van der Waals surface area contributed by atoms with Crippen molar-refractivity contribution in [2.75, 3.05) is 0 Å². The van der Waals surface area contributed by atoms with Crippen LogP contribution in [0.2, 0.25) is 0 Å². The van der Waals surface area contributed by atoms with Crippen LogP contribution < -0.4 is 0 Å². The molecule has 0 aliphatic carbocycles. The van der Waals surface area contributed by atoms with Crippen LogP contribution >= 0.6 is 0 Å². The SMILES string of the molecule is N#Cc1cc(-c2cccc(-c3c4ccccc4c(-c4ccccc4)c4cc5ccccc5cc34)n2)ccn1. The summed E-state index contributed by atoms with van der Waals surface area (Å²) in [5.74, 6) is 0. The number of rotatable bonds is 3. The van der Waals surface area contributed by atoms with Gasteiger partial charge in [0.05, 0.1) is 11.4 Å². The van der Waals surface area contributed by atoms with Gasteiger partial charge < -0.3 is 0 Å². The van der Waals surface area contributed by atoms with Crippen molar-refractivity contribution in [2.24, 2.45) is 0 Å². The molecule has 0 amide bonds. The Balaban J connectivity index is 1.61. The third kappa shape index (κ3) is 3.59. The second kappa shape index (κ2) is 8.96. The zero-order valence-corrected chi connectivity index (χ0v) is 20.5. The topological polar surface area (TPSA) is 49.6 Å². The third-order valence-electron chi connectivity index (χ3n) is 7.13. The molecule has 7 aromatic rings. The van der Waals surface area contributed by atoms with E-state index >= 15 is 0 Å². The van der Waals surface area contributed by atoms with Crippen LogP contribution in [-0.4, -0.2) is 9.97 Å². The molecule has 2 heterocycles. The van der Waals surface area contributed by atoms with E-state index in [0.29, 0.717) is 5.69 Å². The number of aromatic nitrogens is 2. The number of hydrogen-bond donors (Lipinski definition) is 0. The fourth-order valence-corrected chi connectivity index (χ4v) is 5.44. The molecule has 0 N–H and O–H groups in total. The fraction of sp³-hybridized carbons (Fsp3) is 0. The van der Waals surface area contributed by atoms with E-state index in [1.165, 1.54) is 38.1 Å². The summed E-state index contributed by atoms with van der Waals surface area (Å²) in [4.78, 5) is 9.26. The highest BCUT2D eigenvalue weighted by atomic mass is 14.7. The van der Waals surface area contributed by atoms with Crippen molar-refractivity contribution in [3.63, 3.8) is 0 Å². The van der Waals surface area contributed by atoms with Gasteiger partial charge in [0.15, 0.2) is 0 Å². The van der Waals surface area contributed by atoms with Gasteiger partial charge in [-0.05, 0) is 79.8 Å². The molecule has 7 rings (SSSR count). The van der Waals surface area contributed by atoms with Crippen molar-refractivity contribution in [1.29, 1.82) is 5.26 Å². The van der Waals surface area contributed by atoms with Gasteiger partial charge in [-0.25, -0.2) is 9.97 Å². The first-order chi connectivity index (χ1) is 18.8. The standard InChI is InChI=1S/C35H21N3/c36-22-27-19-26(17-18-37-27)32-15-8-16-33(38-32)35-29-14-7-6-13-28(29)34(23-9-2-1-3-10-23)30-20-24-11-4-5-12-25(24)21-31(30)35/h1-21H. The van der Waals surface area contributed by atoms with Gasteiger partial charge in [0.2, 0.25) is 0 Å². The molecular formula is C35H21N3. The Kier molecular flexibility index (Phi) is 5.17. The molecule has 2 aromatic heterocycles. The number of benzene rings is 5. The Bertz CT molecular complexity index is 2040. The molecule has 0 bridgehead atoms. The summed E-state index contributed by atoms with van der Waals surface area (Å²) >= 11 is 0. The number of hydrogen-bond acceptors (Lipinski definition) is 3. The van der Waals surface area contributed by atoms with E-state index < -0.39 is 0 Å². The van der Waals surface area contributed by atoms with Crippen LogP contribution in [0.1, 0.15) is 5.69 Å². The van der Waals surface area contributed by atoms with Gasteiger partial charge in [-0.2, -0.15) is 5.26 Å². The van der Waals surface area contributed by atoms with Crippen molar-refractivity contribution in [3.8, 4) is 39.7 Å². The predicted molar refractivity (Wildman–Crippen MR) is 156 cm³/mol. The molecular weight excluding hydrogens is 462 g/mol. The van der Waals surface area contributed by atoms with E-state index in [0.717, 1.165) is 27.9 Å². The molecule has 176 valence electrons. The normalized spacial score (nSPS) is 11.1. The lowest BCUT2D eigenvalue weighted by Gasteiger charge is -2.18. The summed E-state index contributed by atoms with van der Waals surface area (Å²) in [7, 11) is 0. The van der Waals surface area contributed by atoms with Crippen molar-refractivity contribution >= 4 is 32.3 Å². The van der Waals surface area contributed by atoms with E-state index in [9.17, 15) is 5.26 Å². The van der Waals surface area contributed by atoms with Crippen LogP contribution in [0, 0.1) is 11.3 Å². The van der Waals surface area contributed by atoms with Crippen molar-refractivity contribution in [1.82, 2.24) is 9.97 Å². The number of nitriles is 1. The van der Waals surface area contributed by atoms with E-state index in [2.05, 4.69) is 108 Å². The molecule has 38 heavy (non-hydrogen) atoms. The molecule has 0 saturated carbocycles. The molecule has 0 aliphatic rings. The Labute approximate surface area is 220 Å². The van der Waals surface area contributed by atoms with Crippen LogP contribution in [0.15, 0.2) is 128 Å². The third-order valence-corrected chi connectivity index (χ3v) is 7.13. The highest BCUT2D eigenvalue weighted by Gasteiger charge is 2.18. The van der Waals surface area contributed by atoms with Crippen LogP contribution in [0.25, 0.3) is 66.0 Å². The monoisotopic (exact) mass is 483 g/mol. The molecule has 3 heteroatoms. The average Bonchev–Trinajstić information content (AvgIpc) is 2.99. The average molecular weight is 484 g/mol. The first-order valence-corrected chi connectivity index (χ1v) is 12.6. The molecule has 0 aliphatic heterocycles. The van der Waals surface area contributed by atoms with E-state index in [1.807, 2.05) is 18.2 Å². The zero-order chi connectivity index (χ0) is 25.5. The Hall–Kier alpha value is -5.33. The quantitative estimate of drug-likeness (QED) is 0.236. The van der Waals surface area contributed by atoms with E-state index in [4.69, 9.17) is 4.98 Å². The molecule has 0 spiro atoms. The number of nitrogens with zero attached hydrogens (tertiary/aromatic N) is 3. The molecule has 0 atom stereocenters. The van der Waals surface area contributed by atoms with Crippen molar-refractivity contribution in [3.05, 3.63) is 133 Å². The lowest BCUT2D eigenvalue weighted by Crippen LogP contribution is -1.94. The van der Waals surface area contributed by atoms with Gasteiger partial charge in [0.1, 0.15) is 11.8 Å². The second-order valence-corrected chi connectivity index (χ2v) is 9.36. The van der Waals surface area contributed by atoms with Crippen LogP contribution in [0.5, 0.6) is 0 Å². The summed E-state index contributed by atoms with van der Waals surface area (Å²) < 4.78 is 0. The Morgan fingerprint density at radius 1 is 0.500 bits per heavy atom. The highest BCUT2D eigenvalue weighted by molar-refractivity contribution is 6.23. The minimum Gasteiger partial charge on any atom is -0.248 e. The minimum atomic E-state index is 0.379. The first kappa shape index (κ1) is 21.9. The second-order valence-electron chi connectivity index (χ2n) is 9.36. The molecule has 5 aromatic carbocycles. The van der Waals surface area contributed by atoms with E-state index in [-0.39, 0.29) is 0 Å². The van der Waals surface area contributed by atoms with Gasteiger partial charge in [-0.3, -0.25) is 0 Å². The first-order valence-electron chi connectivity index (χ1n) is 12.6. The largest absolute Gasteiger partial charge is 0.248 e. The summed E-state index contributed by atoms with van der Waals surface area (Å²) in [6, 6.07) is 44.3. The van der Waals surface area contributed by atoms with Crippen LogP contribution in [0.3, 0.4) is 0 Å². The van der Waals surface area contributed by atoms with Crippen LogP contribution in [-0.2, 0) is 0 Å². The lowest BCUT2D eigenvalue weighted by atomic mass is 9.86. The smallest absolute Gasteiger partial charge is 0.141 e. The summed E-state index contributed by atoms with van der Waals surface area (Å²) in [6.45, 7) is 0. The summed E-state index contributed by atoms with van der Waals surface area (Å²) in [5, 5.41) is 16.5. The van der Waals surface area contributed by atoms with E-state index in [1.54, 1.807) is 12.3 Å². The molecule has 0 fully saturated rings. The highest BCUT2D eigenvalue weighted by Crippen LogP contribution is 2.44. The molecule has 0 saturated heterocycles. The maximum atomic E-state index is 9.35. The summed E-state index contributed by atoms with van der Waals surface area (Å²) in [5.41, 5.74) is 6.49. The predicted octanol–water partition coefficient (Wildman–Crippen LogP) is 8.81. The van der Waals surface area contributed by atoms with Crippen LogP contribution in [0.4, 0.5) is 0 Å². The molecule has 0 unspecified atom stereocenters. The molecule has 3 nitrogen and oxygen atoms in total. The van der Waals surface area contributed by atoms with Crippen molar-refractivity contribution in [2.45, 2.75) is 0 Å². The van der Waals surface area contributed by atoms with Gasteiger partial charge >= 0.3 is 0 Å². The molecule has 0 radical (unpaired) electrons. The van der Waals surface area contributed by atoms with Gasteiger partial charge in [-0.1, -0.05) is 84.9 Å². The fourth-order valence-electron chi connectivity index (χ4n) is 5.44. The Morgan fingerprint density at radius 3 is 1.87 bits per heavy atom. The maximum Gasteiger partial charge on any atom is 0.141 e. The number of pyridine rings is 2.